The fourth-order valence-electron chi connectivity index (χ4n) is 2.55. The zero-order valence-corrected chi connectivity index (χ0v) is 26.8. The normalized spacial score (nSPS) is 14.3. The standard InChI is InChI=1S/2C13H28N2.2CHO.Ru/c2*1-7-10-14-12(13(5,6)9-3)15-11(4)8-2;2*1-2;/h2*11-12H,7-10H2,1-6H3;2*1H;/q2*-2;2*-1;+6. The molecule has 35 heavy (non-hydrogen) atoms. The summed E-state index contributed by atoms with van der Waals surface area (Å²) in [5, 5.41) is 19.0. The molecule has 0 aliphatic heterocycles. The van der Waals surface area contributed by atoms with Gasteiger partial charge in [0.25, 0.3) is 0 Å². The third-order valence-electron chi connectivity index (χ3n) is 6.24. The Morgan fingerprint density at radius 3 is 1.03 bits per heavy atom. The van der Waals surface area contributed by atoms with Crippen molar-refractivity contribution < 1.29 is 29.1 Å². The van der Waals surface area contributed by atoms with Gasteiger partial charge >= 0.3 is 19.5 Å². The van der Waals surface area contributed by atoms with Gasteiger partial charge in [-0.25, -0.2) is 12.3 Å². The molecule has 0 aliphatic rings. The Balaban J connectivity index is -0.000000146. The molecule has 210 valence electrons. The fraction of sp³-hybridized carbons (Fsp3) is 0.929. The van der Waals surface area contributed by atoms with Crippen LogP contribution in [0, 0.1) is 10.8 Å². The maximum atomic E-state index is 7.75. The van der Waals surface area contributed by atoms with Crippen LogP contribution in [0.1, 0.15) is 122 Å². The molecule has 0 fully saturated rings. The summed E-state index contributed by atoms with van der Waals surface area (Å²) >= 11 is 0. The monoisotopic (exact) mass is 584 g/mol. The van der Waals surface area contributed by atoms with Gasteiger partial charge in [0, 0.05) is 0 Å². The van der Waals surface area contributed by atoms with Gasteiger partial charge in [0.15, 0.2) is 0 Å². The van der Waals surface area contributed by atoms with Crippen molar-refractivity contribution in [1.82, 2.24) is 0 Å². The molecule has 0 rings (SSSR count). The minimum Gasteiger partial charge on any atom is -0.677 e. The molecule has 0 aromatic heterocycles. The first-order valence-electron chi connectivity index (χ1n) is 13.2. The molecule has 0 bridgehead atoms. The topological polar surface area (TPSA) is 90.5 Å². The first-order chi connectivity index (χ1) is 15.9. The van der Waals surface area contributed by atoms with Crippen LogP contribution >= 0.6 is 0 Å². The summed E-state index contributed by atoms with van der Waals surface area (Å²) in [5.74, 6) is 0. The second-order valence-electron chi connectivity index (χ2n) is 10.1. The van der Waals surface area contributed by atoms with Crippen molar-refractivity contribution in [2.45, 2.75) is 146 Å². The Bertz CT molecular complexity index is 388. The van der Waals surface area contributed by atoms with Gasteiger partial charge in [-0.1, -0.05) is 132 Å². The smallest absolute Gasteiger partial charge is 0.677 e. The van der Waals surface area contributed by atoms with E-state index in [1.165, 1.54) is 0 Å². The van der Waals surface area contributed by atoms with E-state index in [9.17, 15) is 0 Å². The molecule has 0 aliphatic carbocycles. The molecule has 6 nitrogen and oxygen atoms in total. The number of hydrogen-bond donors (Lipinski definition) is 0. The molecular formula is C28H58N4O2Ru. The summed E-state index contributed by atoms with van der Waals surface area (Å²) in [7, 11) is 0. The maximum absolute atomic E-state index is 7.75. The summed E-state index contributed by atoms with van der Waals surface area (Å²) < 4.78 is 0. The summed E-state index contributed by atoms with van der Waals surface area (Å²) in [6, 6.07) is 0.864. The Kier molecular flexibility index (Phi) is 36.3. The Morgan fingerprint density at radius 2 is 0.857 bits per heavy atom. The van der Waals surface area contributed by atoms with Crippen molar-refractivity contribution in [3.8, 4) is 0 Å². The van der Waals surface area contributed by atoms with E-state index in [-0.39, 0.29) is 42.6 Å². The number of rotatable bonds is 16. The number of nitrogens with zero attached hydrogens (tertiary/aromatic N) is 4. The van der Waals surface area contributed by atoms with E-state index in [0.29, 0.717) is 12.1 Å². The van der Waals surface area contributed by atoms with Crippen LogP contribution < -0.4 is 0 Å². The van der Waals surface area contributed by atoms with Crippen LogP contribution in [0.3, 0.4) is 0 Å². The van der Waals surface area contributed by atoms with Crippen LogP contribution in [0.5, 0.6) is 0 Å². The predicted molar refractivity (Wildman–Crippen MR) is 152 cm³/mol. The van der Waals surface area contributed by atoms with Crippen LogP contribution in [0.25, 0.3) is 21.3 Å². The van der Waals surface area contributed by atoms with Crippen molar-refractivity contribution in [2.24, 2.45) is 10.8 Å². The van der Waals surface area contributed by atoms with Crippen molar-refractivity contribution in [3.05, 3.63) is 21.3 Å². The molecule has 0 N–H and O–H groups in total. The maximum Gasteiger partial charge on any atom is 6.00 e. The second kappa shape index (κ2) is 28.4. The number of hydrogen-bond acceptors (Lipinski definition) is 2. The van der Waals surface area contributed by atoms with E-state index >= 15 is 0 Å². The summed E-state index contributed by atoms with van der Waals surface area (Å²) in [5.41, 5.74) is 0.414. The van der Waals surface area contributed by atoms with E-state index in [2.05, 4.69) is 96.7 Å². The van der Waals surface area contributed by atoms with Gasteiger partial charge in [0.2, 0.25) is 0 Å². The average molecular weight is 584 g/mol. The van der Waals surface area contributed by atoms with Gasteiger partial charge < -0.3 is 30.9 Å². The van der Waals surface area contributed by atoms with Crippen molar-refractivity contribution in [1.29, 1.82) is 0 Å². The second-order valence-corrected chi connectivity index (χ2v) is 10.1. The molecule has 0 aromatic rings. The van der Waals surface area contributed by atoms with Gasteiger partial charge in [0.1, 0.15) is 0 Å². The van der Waals surface area contributed by atoms with Crippen molar-refractivity contribution in [3.63, 3.8) is 0 Å². The third kappa shape index (κ3) is 23.9. The van der Waals surface area contributed by atoms with Gasteiger partial charge in [-0.15, -0.1) is 12.1 Å². The zero-order valence-electron chi connectivity index (χ0n) is 25.1. The SMILES string of the molecule is CCC[N-]C([N-]C(C)CC)C(C)(C)CC.CCC[N-]C([N-]C(C)CC)C(C)(C)CC.[CH-]=O.[CH-]=O.[Ru+6]. The molecule has 7 heteroatoms. The van der Waals surface area contributed by atoms with Gasteiger partial charge in [-0.05, 0) is 0 Å². The van der Waals surface area contributed by atoms with E-state index in [1.807, 2.05) is 0 Å². The van der Waals surface area contributed by atoms with Crippen LogP contribution in [-0.2, 0) is 29.1 Å². The van der Waals surface area contributed by atoms with E-state index in [4.69, 9.17) is 30.9 Å². The fourth-order valence-corrected chi connectivity index (χ4v) is 2.55. The molecule has 0 heterocycles. The molecular weight excluding hydrogens is 525 g/mol. The van der Waals surface area contributed by atoms with Gasteiger partial charge in [0.05, 0.1) is 0 Å². The Hall–Kier alpha value is -0.197. The average Bonchev–Trinajstić information content (AvgIpc) is 2.86. The molecule has 0 spiro atoms. The summed E-state index contributed by atoms with van der Waals surface area (Å²) in [6.07, 6.45) is 7.07. The third-order valence-corrected chi connectivity index (χ3v) is 6.24. The van der Waals surface area contributed by atoms with Gasteiger partial charge in [-0.2, -0.15) is 13.1 Å². The first kappa shape index (κ1) is 44.8. The molecule has 0 radical (unpaired) electrons. The van der Waals surface area contributed by atoms with Crippen molar-refractivity contribution in [2.75, 3.05) is 13.1 Å². The predicted octanol–water partition coefficient (Wildman–Crippen LogP) is 8.86. The molecule has 0 aromatic carbocycles. The quantitative estimate of drug-likeness (QED) is 0.103. The summed E-state index contributed by atoms with van der Waals surface area (Å²) in [4.78, 5) is 15.5. The zero-order chi connectivity index (χ0) is 27.8. The van der Waals surface area contributed by atoms with E-state index < -0.39 is 0 Å². The number of carbonyl (C=O) groups excluding carboxylic acids is 2. The van der Waals surface area contributed by atoms with E-state index in [0.717, 1.165) is 51.6 Å². The summed E-state index contributed by atoms with van der Waals surface area (Å²) in [6.45, 7) is 35.0. The van der Waals surface area contributed by atoms with Gasteiger partial charge in [-0.3, -0.25) is 13.6 Å². The molecule has 0 amide bonds. The van der Waals surface area contributed by atoms with Crippen LogP contribution in [0.2, 0.25) is 0 Å². The van der Waals surface area contributed by atoms with E-state index in [1.54, 1.807) is 0 Å². The molecule has 4 unspecified atom stereocenters. The molecule has 0 saturated carbocycles. The van der Waals surface area contributed by atoms with Crippen LogP contribution in [-0.4, -0.2) is 51.1 Å². The Morgan fingerprint density at radius 1 is 0.600 bits per heavy atom. The molecule has 4 atom stereocenters. The Labute approximate surface area is 233 Å². The first-order valence-corrected chi connectivity index (χ1v) is 13.2. The molecule has 0 saturated heterocycles. The minimum atomic E-state index is 0. The van der Waals surface area contributed by atoms with Crippen LogP contribution in [0.15, 0.2) is 0 Å². The largest absolute Gasteiger partial charge is 6.00 e. The minimum absolute atomic E-state index is 0. The van der Waals surface area contributed by atoms with Crippen LogP contribution in [0.4, 0.5) is 0 Å². The van der Waals surface area contributed by atoms with Crippen molar-refractivity contribution >= 4 is 13.6 Å².